The van der Waals surface area contributed by atoms with Crippen LogP contribution in [0.3, 0.4) is 0 Å². The van der Waals surface area contributed by atoms with Gasteiger partial charge in [-0.2, -0.15) is 0 Å². The molecule has 1 aromatic heterocycles. The van der Waals surface area contributed by atoms with Crippen LogP contribution in [-0.4, -0.2) is 4.98 Å². The van der Waals surface area contributed by atoms with Gasteiger partial charge in [0, 0.05) is 22.6 Å². The van der Waals surface area contributed by atoms with Gasteiger partial charge in [-0.15, -0.1) is 0 Å². The molecule has 2 rings (SSSR count). The van der Waals surface area contributed by atoms with Crippen molar-refractivity contribution in [1.29, 1.82) is 0 Å². The molecule has 2 atom stereocenters. The number of halogens is 1. The second-order valence-electron chi connectivity index (χ2n) is 4.36. The maximum absolute atomic E-state index is 4.42. The third-order valence-corrected chi connectivity index (χ3v) is 4.28. The summed E-state index contributed by atoms with van der Waals surface area (Å²) >= 11 is 3.78. The van der Waals surface area contributed by atoms with Crippen LogP contribution in [0, 0.1) is 6.92 Å². The summed E-state index contributed by atoms with van der Waals surface area (Å²) in [4.78, 5) is 4.72. The van der Waals surface area contributed by atoms with Crippen molar-refractivity contribution in [3.63, 3.8) is 0 Å². The van der Waals surface area contributed by atoms with E-state index < -0.39 is 0 Å². The molecular formula is C15H16BrN. The number of hydrogen-bond acceptors (Lipinski definition) is 1. The molecule has 0 saturated heterocycles. The van der Waals surface area contributed by atoms with Gasteiger partial charge in [0.15, 0.2) is 0 Å². The molecule has 1 nitrogen and oxygen atoms in total. The van der Waals surface area contributed by atoms with E-state index in [0.717, 1.165) is 5.69 Å². The van der Waals surface area contributed by atoms with Gasteiger partial charge < -0.3 is 0 Å². The van der Waals surface area contributed by atoms with Crippen molar-refractivity contribution in [2.24, 2.45) is 0 Å². The van der Waals surface area contributed by atoms with E-state index in [4.69, 9.17) is 0 Å². The van der Waals surface area contributed by atoms with Gasteiger partial charge in [-0.1, -0.05) is 58.7 Å². The highest BCUT2D eigenvalue weighted by Crippen LogP contribution is 2.36. The fraction of sp³-hybridized carbons (Fsp3) is 0.267. The summed E-state index contributed by atoms with van der Waals surface area (Å²) in [6.07, 6.45) is 1.85. The first-order valence-electron chi connectivity index (χ1n) is 5.80. The Labute approximate surface area is 111 Å². The Morgan fingerprint density at radius 2 is 1.94 bits per heavy atom. The van der Waals surface area contributed by atoms with Crippen molar-refractivity contribution < 1.29 is 0 Å². The molecule has 88 valence electrons. The first-order valence-corrected chi connectivity index (χ1v) is 6.71. The van der Waals surface area contributed by atoms with E-state index in [1.54, 1.807) is 0 Å². The van der Waals surface area contributed by atoms with Crippen molar-refractivity contribution in [3.05, 3.63) is 65.5 Å². The lowest BCUT2D eigenvalue weighted by molar-refractivity contribution is 0.724. The minimum absolute atomic E-state index is 0.303. The van der Waals surface area contributed by atoms with Crippen LogP contribution in [0.25, 0.3) is 0 Å². The van der Waals surface area contributed by atoms with Crippen LogP contribution in [0.4, 0.5) is 0 Å². The standard InChI is InChI=1S/C15H16BrN/c1-11-6-5-7-13(10-11)15(16)12(2)14-8-3-4-9-17-14/h3-10,12,15H,1-2H3. The molecule has 17 heavy (non-hydrogen) atoms. The Hall–Kier alpha value is -1.15. The van der Waals surface area contributed by atoms with Gasteiger partial charge in [-0.25, -0.2) is 0 Å². The third-order valence-electron chi connectivity index (χ3n) is 2.95. The maximum Gasteiger partial charge on any atom is 0.0476 e. The lowest BCUT2D eigenvalue weighted by Crippen LogP contribution is -2.04. The van der Waals surface area contributed by atoms with E-state index in [2.05, 4.69) is 65.1 Å². The van der Waals surface area contributed by atoms with Crippen molar-refractivity contribution in [2.75, 3.05) is 0 Å². The van der Waals surface area contributed by atoms with Crippen LogP contribution in [0.5, 0.6) is 0 Å². The summed E-state index contributed by atoms with van der Waals surface area (Å²) in [5.74, 6) is 0.359. The first-order chi connectivity index (χ1) is 8.18. The molecule has 0 aliphatic carbocycles. The summed E-state index contributed by atoms with van der Waals surface area (Å²) in [5.41, 5.74) is 3.72. The van der Waals surface area contributed by atoms with Crippen LogP contribution in [0.1, 0.15) is 34.5 Å². The quantitative estimate of drug-likeness (QED) is 0.751. The van der Waals surface area contributed by atoms with E-state index in [-0.39, 0.29) is 0 Å². The lowest BCUT2D eigenvalue weighted by atomic mass is 9.96. The smallest absolute Gasteiger partial charge is 0.0476 e. The zero-order chi connectivity index (χ0) is 12.3. The maximum atomic E-state index is 4.42. The molecular weight excluding hydrogens is 274 g/mol. The molecule has 0 spiro atoms. The van der Waals surface area contributed by atoms with E-state index in [1.807, 2.05) is 18.3 Å². The Balaban J connectivity index is 2.23. The Kier molecular flexibility index (Phi) is 3.95. The molecule has 0 N–H and O–H groups in total. The van der Waals surface area contributed by atoms with Crippen LogP contribution in [0.2, 0.25) is 0 Å². The van der Waals surface area contributed by atoms with Crippen LogP contribution >= 0.6 is 15.9 Å². The van der Waals surface area contributed by atoms with Gasteiger partial charge in [0.2, 0.25) is 0 Å². The minimum atomic E-state index is 0.303. The van der Waals surface area contributed by atoms with Gasteiger partial charge in [-0.05, 0) is 24.6 Å². The molecule has 2 unspecified atom stereocenters. The molecule has 0 fully saturated rings. The molecule has 2 heteroatoms. The predicted molar refractivity (Wildman–Crippen MR) is 75.5 cm³/mol. The van der Waals surface area contributed by atoms with E-state index in [1.165, 1.54) is 11.1 Å². The predicted octanol–water partition coefficient (Wildman–Crippen LogP) is 4.63. The summed E-state index contributed by atoms with van der Waals surface area (Å²) < 4.78 is 0. The highest BCUT2D eigenvalue weighted by molar-refractivity contribution is 9.09. The zero-order valence-corrected chi connectivity index (χ0v) is 11.7. The fourth-order valence-electron chi connectivity index (χ4n) is 1.93. The SMILES string of the molecule is Cc1cccc(C(Br)C(C)c2ccccn2)c1. The molecule has 0 amide bonds. The summed E-state index contributed by atoms with van der Waals surface area (Å²) in [5, 5.41) is 0. The number of pyridine rings is 1. The molecule has 0 aliphatic heterocycles. The summed E-state index contributed by atoms with van der Waals surface area (Å²) in [7, 11) is 0. The first kappa shape index (κ1) is 12.3. The Morgan fingerprint density at radius 3 is 2.59 bits per heavy atom. The average Bonchev–Trinajstić information content (AvgIpc) is 2.38. The summed E-state index contributed by atoms with van der Waals surface area (Å²) in [6.45, 7) is 4.32. The average molecular weight is 290 g/mol. The number of rotatable bonds is 3. The topological polar surface area (TPSA) is 12.9 Å². The van der Waals surface area contributed by atoms with Gasteiger partial charge in [-0.3, -0.25) is 4.98 Å². The van der Waals surface area contributed by atoms with Gasteiger partial charge in [0.1, 0.15) is 0 Å². The van der Waals surface area contributed by atoms with Crippen LogP contribution in [0.15, 0.2) is 48.7 Å². The zero-order valence-electron chi connectivity index (χ0n) is 10.1. The second kappa shape index (κ2) is 5.46. The van der Waals surface area contributed by atoms with Crippen molar-refractivity contribution in [3.8, 4) is 0 Å². The molecule has 1 heterocycles. The number of aryl methyl sites for hydroxylation is 1. The molecule has 0 aliphatic rings. The molecule has 0 radical (unpaired) electrons. The van der Waals surface area contributed by atoms with E-state index >= 15 is 0 Å². The number of alkyl halides is 1. The van der Waals surface area contributed by atoms with Crippen molar-refractivity contribution in [2.45, 2.75) is 24.6 Å². The number of benzene rings is 1. The third kappa shape index (κ3) is 2.95. The highest BCUT2D eigenvalue weighted by Gasteiger charge is 2.18. The monoisotopic (exact) mass is 289 g/mol. The van der Waals surface area contributed by atoms with Crippen molar-refractivity contribution in [1.82, 2.24) is 4.98 Å². The molecule has 2 aromatic rings. The van der Waals surface area contributed by atoms with E-state index in [9.17, 15) is 0 Å². The van der Waals surface area contributed by atoms with Crippen LogP contribution < -0.4 is 0 Å². The Bertz CT molecular complexity index is 481. The van der Waals surface area contributed by atoms with Crippen LogP contribution in [-0.2, 0) is 0 Å². The molecule has 0 saturated carbocycles. The van der Waals surface area contributed by atoms with Gasteiger partial charge in [0.25, 0.3) is 0 Å². The lowest BCUT2D eigenvalue weighted by Gasteiger charge is -2.18. The van der Waals surface area contributed by atoms with Gasteiger partial charge in [0.05, 0.1) is 0 Å². The Morgan fingerprint density at radius 1 is 1.12 bits per heavy atom. The van der Waals surface area contributed by atoms with Crippen molar-refractivity contribution >= 4 is 15.9 Å². The minimum Gasteiger partial charge on any atom is -0.261 e. The normalized spacial score (nSPS) is 14.3. The molecule has 0 bridgehead atoms. The number of nitrogens with zero attached hydrogens (tertiary/aromatic N) is 1. The largest absolute Gasteiger partial charge is 0.261 e. The molecule has 1 aromatic carbocycles. The second-order valence-corrected chi connectivity index (χ2v) is 5.35. The fourth-order valence-corrected chi connectivity index (χ4v) is 2.48. The van der Waals surface area contributed by atoms with E-state index in [0.29, 0.717) is 10.7 Å². The van der Waals surface area contributed by atoms with Gasteiger partial charge >= 0.3 is 0 Å². The number of aromatic nitrogens is 1. The number of hydrogen-bond donors (Lipinski definition) is 0. The summed E-state index contributed by atoms with van der Waals surface area (Å²) in [6, 6.07) is 14.7. The highest BCUT2D eigenvalue weighted by atomic mass is 79.9.